The maximum Gasteiger partial charge on any atom is 0.246 e. The highest BCUT2D eigenvalue weighted by Gasteiger charge is 2.27. The first-order valence-corrected chi connectivity index (χ1v) is 11.3. The summed E-state index contributed by atoms with van der Waals surface area (Å²) in [5.41, 5.74) is 0.775. The molecular weight excluding hydrogens is 444 g/mol. The molecule has 1 N–H and O–H groups in total. The number of likely N-dealkylation sites (tertiary alicyclic amines) is 1. The van der Waals surface area contributed by atoms with Gasteiger partial charge in [-0.1, -0.05) is 29.3 Å². The molecule has 9 heteroatoms. The average molecular weight is 472 g/mol. The molecule has 2 saturated heterocycles. The number of aliphatic hydroxyl groups excluding tert-OH is 1. The third-order valence-electron chi connectivity index (χ3n) is 5.75. The molecule has 2 aliphatic rings. The first-order valence-electron chi connectivity index (χ1n) is 10.6. The van der Waals surface area contributed by atoms with Gasteiger partial charge in [0.25, 0.3) is 0 Å². The predicted octanol–water partition coefficient (Wildman–Crippen LogP) is 2.86. The molecule has 2 heterocycles. The van der Waals surface area contributed by atoms with Crippen molar-refractivity contribution in [1.29, 1.82) is 0 Å². The van der Waals surface area contributed by atoms with Crippen LogP contribution in [0.15, 0.2) is 24.3 Å². The van der Waals surface area contributed by atoms with E-state index in [4.69, 9.17) is 23.2 Å². The first-order chi connectivity index (χ1) is 14.8. The molecule has 2 amide bonds. The van der Waals surface area contributed by atoms with E-state index in [2.05, 4.69) is 0 Å². The fourth-order valence-corrected chi connectivity index (χ4v) is 4.18. The molecule has 1 aromatic carbocycles. The van der Waals surface area contributed by atoms with Crippen molar-refractivity contribution in [2.24, 2.45) is 0 Å². The minimum atomic E-state index is -1.14. The Morgan fingerprint density at radius 1 is 1.16 bits per heavy atom. The summed E-state index contributed by atoms with van der Waals surface area (Å²) in [7, 11) is 0. The van der Waals surface area contributed by atoms with Crippen LogP contribution in [0.1, 0.15) is 24.8 Å². The average Bonchev–Trinajstić information content (AvgIpc) is 2.93. The van der Waals surface area contributed by atoms with Gasteiger partial charge in [-0.3, -0.25) is 9.59 Å². The molecule has 0 spiro atoms. The van der Waals surface area contributed by atoms with E-state index in [1.807, 2.05) is 4.90 Å². The molecule has 0 saturated carbocycles. The Balaban J connectivity index is 1.45. The highest BCUT2D eigenvalue weighted by Crippen LogP contribution is 2.23. The number of aliphatic hydroxyl groups is 1. The fraction of sp³-hybridized carbons (Fsp3) is 0.545. The Hall–Kier alpha value is -1.67. The van der Waals surface area contributed by atoms with Crippen LogP contribution in [0.3, 0.4) is 0 Å². The SMILES string of the molecule is O=C(/C=C/c1ccc(Cl)c(Cl)c1)N1CCC(=O)N(CCCN2CCC(F)C(O)C2)CC1. The Kier molecular flexibility index (Phi) is 8.72. The second-order valence-corrected chi connectivity index (χ2v) is 8.80. The van der Waals surface area contributed by atoms with Gasteiger partial charge < -0.3 is 19.8 Å². The number of alkyl halides is 1. The smallest absolute Gasteiger partial charge is 0.246 e. The molecule has 2 unspecified atom stereocenters. The maximum atomic E-state index is 13.4. The molecule has 0 bridgehead atoms. The number of nitrogens with zero attached hydrogens (tertiary/aromatic N) is 3. The molecule has 1 aromatic rings. The Morgan fingerprint density at radius 3 is 2.71 bits per heavy atom. The molecule has 0 aromatic heterocycles. The molecule has 170 valence electrons. The van der Waals surface area contributed by atoms with Crippen molar-refractivity contribution in [2.45, 2.75) is 31.5 Å². The largest absolute Gasteiger partial charge is 0.389 e. The maximum absolute atomic E-state index is 13.4. The van der Waals surface area contributed by atoms with Crippen LogP contribution in [0, 0.1) is 0 Å². The molecule has 31 heavy (non-hydrogen) atoms. The van der Waals surface area contributed by atoms with E-state index in [0.717, 1.165) is 12.0 Å². The second-order valence-electron chi connectivity index (χ2n) is 7.99. The summed E-state index contributed by atoms with van der Waals surface area (Å²) in [6.07, 6.45) is 2.49. The predicted molar refractivity (Wildman–Crippen MR) is 120 cm³/mol. The summed E-state index contributed by atoms with van der Waals surface area (Å²) < 4.78 is 13.4. The van der Waals surface area contributed by atoms with Crippen molar-refractivity contribution >= 4 is 41.1 Å². The van der Waals surface area contributed by atoms with Gasteiger partial charge in [0.1, 0.15) is 6.17 Å². The number of amides is 2. The molecule has 3 rings (SSSR count). The third kappa shape index (κ3) is 6.91. The van der Waals surface area contributed by atoms with Crippen LogP contribution in [-0.2, 0) is 9.59 Å². The minimum Gasteiger partial charge on any atom is -0.389 e. The molecule has 0 radical (unpaired) electrons. The van der Waals surface area contributed by atoms with E-state index < -0.39 is 12.3 Å². The minimum absolute atomic E-state index is 0.0336. The van der Waals surface area contributed by atoms with Gasteiger partial charge in [0.2, 0.25) is 11.8 Å². The number of halogens is 3. The van der Waals surface area contributed by atoms with Gasteiger partial charge in [0.05, 0.1) is 16.1 Å². The standard InChI is InChI=1S/C22H28Cl2FN3O3/c23-17-4-2-16(14-18(17)24)3-5-21(30)28-11-7-22(31)27(12-13-28)9-1-8-26-10-6-19(25)20(29)15-26/h2-5,14,19-20,29H,1,6-13,15H2/b5-3+. The van der Waals surface area contributed by atoms with E-state index >= 15 is 0 Å². The Labute approximate surface area is 192 Å². The number of hydrogen-bond acceptors (Lipinski definition) is 4. The summed E-state index contributed by atoms with van der Waals surface area (Å²) in [4.78, 5) is 30.5. The summed E-state index contributed by atoms with van der Waals surface area (Å²) in [5.74, 6) is -0.116. The fourth-order valence-electron chi connectivity index (χ4n) is 3.87. The van der Waals surface area contributed by atoms with Crippen molar-refractivity contribution in [3.8, 4) is 0 Å². The van der Waals surface area contributed by atoms with Crippen LogP contribution < -0.4 is 0 Å². The van der Waals surface area contributed by atoms with E-state index in [1.54, 1.807) is 34.1 Å². The van der Waals surface area contributed by atoms with Gasteiger partial charge in [0, 0.05) is 51.8 Å². The molecule has 2 atom stereocenters. The first kappa shape index (κ1) is 24.0. The lowest BCUT2D eigenvalue weighted by Gasteiger charge is -2.32. The van der Waals surface area contributed by atoms with Crippen LogP contribution in [0.4, 0.5) is 4.39 Å². The van der Waals surface area contributed by atoms with E-state index in [-0.39, 0.29) is 18.2 Å². The number of carbonyl (C=O) groups is 2. The summed E-state index contributed by atoms with van der Waals surface area (Å²) in [5, 5.41) is 10.5. The van der Waals surface area contributed by atoms with Crippen LogP contribution in [-0.4, -0.2) is 89.7 Å². The van der Waals surface area contributed by atoms with Gasteiger partial charge in [0.15, 0.2) is 0 Å². The van der Waals surface area contributed by atoms with Crippen molar-refractivity contribution in [3.05, 3.63) is 39.9 Å². The number of β-amino-alcohol motifs (C(OH)–C–C–N with tert-alkyl or cyclic N) is 1. The molecule has 2 aliphatic heterocycles. The highest BCUT2D eigenvalue weighted by molar-refractivity contribution is 6.42. The Morgan fingerprint density at radius 2 is 1.97 bits per heavy atom. The number of benzene rings is 1. The van der Waals surface area contributed by atoms with Crippen LogP contribution in [0.25, 0.3) is 6.08 Å². The van der Waals surface area contributed by atoms with Crippen molar-refractivity contribution in [1.82, 2.24) is 14.7 Å². The van der Waals surface area contributed by atoms with Crippen LogP contribution >= 0.6 is 23.2 Å². The lowest BCUT2D eigenvalue weighted by atomic mass is 10.1. The quantitative estimate of drug-likeness (QED) is 0.647. The monoisotopic (exact) mass is 471 g/mol. The molecule has 6 nitrogen and oxygen atoms in total. The van der Waals surface area contributed by atoms with Gasteiger partial charge in [-0.2, -0.15) is 0 Å². The normalized spacial score (nSPS) is 23.4. The highest BCUT2D eigenvalue weighted by atomic mass is 35.5. The lowest BCUT2D eigenvalue weighted by molar-refractivity contribution is -0.130. The zero-order valence-electron chi connectivity index (χ0n) is 17.4. The number of hydrogen-bond donors (Lipinski definition) is 1. The van der Waals surface area contributed by atoms with Crippen molar-refractivity contribution in [3.63, 3.8) is 0 Å². The third-order valence-corrected chi connectivity index (χ3v) is 6.49. The second kappa shape index (κ2) is 11.3. The van der Waals surface area contributed by atoms with Crippen molar-refractivity contribution in [2.75, 3.05) is 45.8 Å². The van der Waals surface area contributed by atoms with E-state index in [1.165, 1.54) is 6.08 Å². The zero-order chi connectivity index (χ0) is 22.4. The van der Waals surface area contributed by atoms with Crippen molar-refractivity contribution < 1.29 is 19.1 Å². The summed E-state index contributed by atoms with van der Waals surface area (Å²) in [6.45, 7) is 3.61. The van der Waals surface area contributed by atoms with Crippen LogP contribution in [0.2, 0.25) is 10.0 Å². The summed E-state index contributed by atoms with van der Waals surface area (Å²) >= 11 is 11.9. The number of piperidine rings is 1. The molecule has 0 aliphatic carbocycles. The number of carbonyl (C=O) groups excluding carboxylic acids is 2. The number of rotatable bonds is 6. The summed E-state index contributed by atoms with van der Waals surface area (Å²) in [6, 6.07) is 5.15. The van der Waals surface area contributed by atoms with Gasteiger partial charge >= 0.3 is 0 Å². The van der Waals surface area contributed by atoms with Crippen LogP contribution in [0.5, 0.6) is 0 Å². The molecular formula is C22H28Cl2FN3O3. The van der Waals surface area contributed by atoms with Gasteiger partial charge in [-0.15, -0.1) is 0 Å². The van der Waals surface area contributed by atoms with Gasteiger partial charge in [-0.05, 0) is 43.2 Å². The Bertz CT molecular complexity index is 823. The van der Waals surface area contributed by atoms with Gasteiger partial charge in [-0.25, -0.2) is 4.39 Å². The van der Waals surface area contributed by atoms with E-state index in [9.17, 15) is 19.1 Å². The zero-order valence-corrected chi connectivity index (χ0v) is 18.9. The molecule has 2 fully saturated rings. The lowest BCUT2D eigenvalue weighted by Crippen LogP contribution is -2.45. The van der Waals surface area contributed by atoms with E-state index in [0.29, 0.717) is 62.3 Å². The topological polar surface area (TPSA) is 64.1 Å².